The van der Waals surface area contributed by atoms with Gasteiger partial charge in [-0.25, -0.2) is 4.79 Å². The second-order valence-electron chi connectivity index (χ2n) is 4.98. The average Bonchev–Trinajstić information content (AvgIpc) is 3.06. The van der Waals surface area contributed by atoms with Crippen LogP contribution < -0.4 is 0 Å². The van der Waals surface area contributed by atoms with Gasteiger partial charge >= 0.3 is 5.97 Å². The highest BCUT2D eigenvalue weighted by Crippen LogP contribution is 2.51. The molecule has 0 aromatic heterocycles. The molecule has 1 heterocycles. The molecule has 0 radical (unpaired) electrons. The Morgan fingerprint density at radius 2 is 2.00 bits per heavy atom. The Labute approximate surface area is 113 Å². The molecule has 4 nitrogen and oxygen atoms in total. The SMILES string of the molecule is CCC1(C(=O)OC)OC1(C)COCc1ccccc1. The number of methoxy groups -OCH3 is 1. The van der Waals surface area contributed by atoms with Gasteiger partial charge in [0.1, 0.15) is 5.60 Å². The molecule has 19 heavy (non-hydrogen) atoms. The van der Waals surface area contributed by atoms with Gasteiger partial charge in [0.25, 0.3) is 0 Å². The lowest BCUT2D eigenvalue weighted by Gasteiger charge is -2.13. The van der Waals surface area contributed by atoms with E-state index in [9.17, 15) is 4.79 Å². The molecule has 104 valence electrons. The Bertz CT molecular complexity index is 445. The average molecular weight is 264 g/mol. The maximum atomic E-state index is 11.8. The van der Waals surface area contributed by atoms with E-state index in [0.717, 1.165) is 5.56 Å². The van der Waals surface area contributed by atoms with Gasteiger partial charge in [0.15, 0.2) is 5.60 Å². The van der Waals surface area contributed by atoms with Crippen LogP contribution in [0, 0.1) is 0 Å². The minimum absolute atomic E-state index is 0.319. The Hall–Kier alpha value is -1.39. The van der Waals surface area contributed by atoms with Crippen molar-refractivity contribution in [2.24, 2.45) is 0 Å². The summed E-state index contributed by atoms with van der Waals surface area (Å²) in [6, 6.07) is 9.92. The summed E-state index contributed by atoms with van der Waals surface area (Å²) in [6.07, 6.45) is 0.588. The number of epoxide rings is 1. The largest absolute Gasteiger partial charge is 0.467 e. The predicted octanol–water partition coefficient (Wildman–Crippen LogP) is 2.31. The summed E-state index contributed by atoms with van der Waals surface area (Å²) in [6.45, 7) is 4.70. The summed E-state index contributed by atoms with van der Waals surface area (Å²) < 4.78 is 16.1. The first-order valence-corrected chi connectivity index (χ1v) is 6.48. The van der Waals surface area contributed by atoms with Crippen LogP contribution >= 0.6 is 0 Å². The lowest BCUT2D eigenvalue weighted by atomic mass is 9.92. The van der Waals surface area contributed by atoms with E-state index < -0.39 is 11.2 Å². The molecule has 2 unspecified atom stereocenters. The quantitative estimate of drug-likeness (QED) is 0.584. The van der Waals surface area contributed by atoms with Gasteiger partial charge in [-0.3, -0.25) is 0 Å². The molecule has 0 amide bonds. The van der Waals surface area contributed by atoms with E-state index in [-0.39, 0.29) is 5.97 Å². The van der Waals surface area contributed by atoms with Crippen molar-refractivity contribution in [1.82, 2.24) is 0 Å². The predicted molar refractivity (Wildman–Crippen MR) is 70.6 cm³/mol. The van der Waals surface area contributed by atoms with Crippen LogP contribution in [0.5, 0.6) is 0 Å². The number of rotatable bonds is 6. The summed E-state index contributed by atoms with van der Waals surface area (Å²) >= 11 is 0. The monoisotopic (exact) mass is 264 g/mol. The highest BCUT2D eigenvalue weighted by atomic mass is 16.7. The molecule has 0 spiro atoms. The summed E-state index contributed by atoms with van der Waals surface area (Å²) in [5.41, 5.74) is -0.311. The van der Waals surface area contributed by atoms with Crippen molar-refractivity contribution in [3.05, 3.63) is 35.9 Å². The number of carbonyl (C=O) groups excluding carboxylic acids is 1. The Morgan fingerprint density at radius 1 is 1.32 bits per heavy atom. The molecule has 1 aliphatic rings. The molecule has 0 saturated carbocycles. The summed E-state index contributed by atoms with van der Waals surface area (Å²) in [5, 5.41) is 0. The fourth-order valence-electron chi connectivity index (χ4n) is 2.46. The summed E-state index contributed by atoms with van der Waals surface area (Å²) in [4.78, 5) is 11.8. The van der Waals surface area contributed by atoms with Crippen LogP contribution in [-0.2, 0) is 25.6 Å². The first-order valence-electron chi connectivity index (χ1n) is 6.48. The van der Waals surface area contributed by atoms with E-state index in [4.69, 9.17) is 14.2 Å². The number of ether oxygens (including phenoxy) is 3. The van der Waals surface area contributed by atoms with Gasteiger partial charge in [0.05, 0.1) is 20.3 Å². The molecule has 4 heteroatoms. The van der Waals surface area contributed by atoms with E-state index in [0.29, 0.717) is 19.6 Å². The molecule has 0 aliphatic carbocycles. The minimum atomic E-state index is -0.835. The zero-order chi connectivity index (χ0) is 13.9. The third-order valence-electron chi connectivity index (χ3n) is 3.71. The highest BCUT2D eigenvalue weighted by molar-refractivity contribution is 5.84. The van der Waals surface area contributed by atoms with Gasteiger partial charge in [0, 0.05) is 0 Å². The molecule has 2 rings (SSSR count). The lowest BCUT2D eigenvalue weighted by Crippen LogP contribution is -2.35. The number of hydrogen-bond donors (Lipinski definition) is 0. The Kier molecular flexibility index (Phi) is 3.92. The van der Waals surface area contributed by atoms with Crippen molar-refractivity contribution in [1.29, 1.82) is 0 Å². The van der Waals surface area contributed by atoms with Crippen molar-refractivity contribution < 1.29 is 19.0 Å². The number of hydrogen-bond acceptors (Lipinski definition) is 4. The standard InChI is InChI=1S/C15H20O4/c1-4-15(13(16)17-3)14(2,19-15)11-18-10-12-8-6-5-7-9-12/h5-9H,4,10-11H2,1-3H3. The van der Waals surface area contributed by atoms with Crippen LogP contribution in [-0.4, -0.2) is 30.9 Å². The van der Waals surface area contributed by atoms with E-state index in [1.54, 1.807) is 0 Å². The lowest BCUT2D eigenvalue weighted by molar-refractivity contribution is -0.147. The van der Waals surface area contributed by atoms with Gasteiger partial charge in [-0.15, -0.1) is 0 Å². The van der Waals surface area contributed by atoms with Gasteiger partial charge < -0.3 is 14.2 Å². The van der Waals surface area contributed by atoms with Gasteiger partial charge in [-0.1, -0.05) is 37.3 Å². The van der Waals surface area contributed by atoms with E-state index in [1.165, 1.54) is 7.11 Å². The third-order valence-corrected chi connectivity index (χ3v) is 3.71. The molecular formula is C15H20O4. The Balaban J connectivity index is 1.89. The highest BCUT2D eigenvalue weighted by Gasteiger charge is 2.71. The van der Waals surface area contributed by atoms with Gasteiger partial charge in [-0.2, -0.15) is 0 Å². The van der Waals surface area contributed by atoms with Crippen molar-refractivity contribution in [3.8, 4) is 0 Å². The molecule has 1 fully saturated rings. The smallest absolute Gasteiger partial charge is 0.341 e. The second-order valence-corrected chi connectivity index (χ2v) is 4.98. The van der Waals surface area contributed by atoms with E-state index >= 15 is 0 Å². The van der Waals surface area contributed by atoms with Crippen LogP contribution in [0.3, 0.4) is 0 Å². The number of carbonyl (C=O) groups is 1. The van der Waals surface area contributed by atoms with Gasteiger partial charge in [-0.05, 0) is 18.9 Å². The zero-order valence-corrected chi connectivity index (χ0v) is 11.6. The first kappa shape index (κ1) is 14.0. The zero-order valence-electron chi connectivity index (χ0n) is 11.6. The molecule has 1 aliphatic heterocycles. The maximum absolute atomic E-state index is 11.8. The molecule has 2 atom stereocenters. The molecule has 0 N–H and O–H groups in total. The topological polar surface area (TPSA) is 48.1 Å². The summed E-state index contributed by atoms with van der Waals surface area (Å²) in [5.74, 6) is -0.319. The number of esters is 1. The van der Waals surface area contributed by atoms with Crippen LogP contribution in [0.15, 0.2) is 30.3 Å². The molecular weight excluding hydrogens is 244 g/mol. The third kappa shape index (κ3) is 2.51. The fraction of sp³-hybridized carbons (Fsp3) is 0.533. The van der Waals surface area contributed by atoms with Crippen LogP contribution in [0.2, 0.25) is 0 Å². The second kappa shape index (κ2) is 5.31. The number of benzene rings is 1. The van der Waals surface area contributed by atoms with Crippen LogP contribution in [0.25, 0.3) is 0 Å². The minimum Gasteiger partial charge on any atom is -0.467 e. The summed E-state index contributed by atoms with van der Waals surface area (Å²) in [7, 11) is 1.38. The van der Waals surface area contributed by atoms with Crippen molar-refractivity contribution >= 4 is 5.97 Å². The van der Waals surface area contributed by atoms with Crippen molar-refractivity contribution in [2.75, 3.05) is 13.7 Å². The maximum Gasteiger partial charge on any atom is 0.341 e. The Morgan fingerprint density at radius 3 is 2.58 bits per heavy atom. The van der Waals surface area contributed by atoms with Crippen LogP contribution in [0.4, 0.5) is 0 Å². The van der Waals surface area contributed by atoms with Crippen molar-refractivity contribution in [3.63, 3.8) is 0 Å². The molecule has 1 aromatic rings. The fourth-order valence-corrected chi connectivity index (χ4v) is 2.46. The normalized spacial score (nSPS) is 29.0. The molecule has 1 aromatic carbocycles. The van der Waals surface area contributed by atoms with Crippen LogP contribution in [0.1, 0.15) is 25.8 Å². The van der Waals surface area contributed by atoms with E-state index in [1.807, 2.05) is 44.2 Å². The van der Waals surface area contributed by atoms with E-state index in [2.05, 4.69) is 0 Å². The first-order chi connectivity index (χ1) is 9.08. The van der Waals surface area contributed by atoms with Crippen molar-refractivity contribution in [2.45, 2.75) is 38.1 Å². The molecule has 0 bridgehead atoms. The van der Waals surface area contributed by atoms with Gasteiger partial charge in [0.2, 0.25) is 0 Å². The molecule has 1 saturated heterocycles.